The number of carbonyl (C=O) groups excluding carboxylic acids is 2. The lowest BCUT2D eigenvalue weighted by Gasteiger charge is -2.13. The molecule has 0 fully saturated rings. The number of benzene rings is 2. The van der Waals surface area contributed by atoms with E-state index in [1.165, 1.54) is 31.3 Å². The third kappa shape index (κ3) is 4.26. The molecule has 0 saturated carbocycles. The monoisotopic (exact) mass is 399 g/mol. The second-order valence-electron chi connectivity index (χ2n) is 6.27. The van der Waals surface area contributed by atoms with Crippen LogP contribution in [0.25, 0.3) is 17.2 Å². The zero-order valence-corrected chi connectivity index (χ0v) is 15.5. The number of imidazole rings is 1. The molecule has 0 aliphatic heterocycles. The Morgan fingerprint density at radius 2 is 1.79 bits per heavy atom. The van der Waals surface area contributed by atoms with Crippen LogP contribution in [0.4, 0.5) is 18.9 Å². The molecular weight excluding hydrogens is 383 g/mol. The molecule has 1 N–H and O–H groups in total. The minimum Gasteiger partial charge on any atom is -0.331 e. The Kier molecular flexibility index (Phi) is 5.63. The maximum Gasteiger partial charge on any atom is 0.221 e. The van der Waals surface area contributed by atoms with Crippen LogP contribution in [0.3, 0.4) is 0 Å². The molecule has 0 spiro atoms. The van der Waals surface area contributed by atoms with Crippen molar-refractivity contribution in [1.29, 1.82) is 0 Å². The summed E-state index contributed by atoms with van der Waals surface area (Å²) in [5, 5.41) is 2.30. The molecule has 0 radical (unpaired) electrons. The fourth-order valence-electron chi connectivity index (χ4n) is 2.78. The Bertz CT molecular complexity index is 1120. The highest BCUT2D eigenvalue weighted by atomic mass is 19.2. The normalized spacial score (nSPS) is 11.1. The second-order valence-corrected chi connectivity index (χ2v) is 6.27. The highest BCUT2D eigenvalue weighted by Crippen LogP contribution is 2.34. The molecule has 0 aliphatic rings. The van der Waals surface area contributed by atoms with Gasteiger partial charge >= 0.3 is 0 Å². The second kappa shape index (κ2) is 8.14. The van der Waals surface area contributed by atoms with E-state index in [4.69, 9.17) is 0 Å². The largest absolute Gasteiger partial charge is 0.331 e. The van der Waals surface area contributed by atoms with Crippen LogP contribution in [-0.4, -0.2) is 21.2 Å². The van der Waals surface area contributed by atoms with Crippen molar-refractivity contribution in [2.24, 2.45) is 7.05 Å². The first-order valence-corrected chi connectivity index (χ1v) is 8.53. The van der Waals surface area contributed by atoms with Crippen molar-refractivity contribution in [2.45, 2.75) is 6.92 Å². The molecule has 3 rings (SSSR count). The van der Waals surface area contributed by atoms with E-state index in [1.54, 1.807) is 36.0 Å². The van der Waals surface area contributed by atoms with Crippen molar-refractivity contribution in [3.63, 3.8) is 0 Å². The highest BCUT2D eigenvalue weighted by Gasteiger charge is 2.20. The van der Waals surface area contributed by atoms with Gasteiger partial charge in [-0.3, -0.25) is 9.59 Å². The van der Waals surface area contributed by atoms with E-state index < -0.39 is 23.4 Å². The number of amides is 1. The van der Waals surface area contributed by atoms with E-state index in [-0.39, 0.29) is 28.4 Å². The van der Waals surface area contributed by atoms with Gasteiger partial charge in [-0.25, -0.2) is 18.2 Å². The van der Waals surface area contributed by atoms with E-state index in [1.807, 2.05) is 0 Å². The molecule has 0 aliphatic carbocycles. The number of allylic oxidation sites excluding steroid dienone is 1. The summed E-state index contributed by atoms with van der Waals surface area (Å²) in [4.78, 5) is 27.4. The van der Waals surface area contributed by atoms with Gasteiger partial charge in [0, 0.05) is 38.0 Å². The van der Waals surface area contributed by atoms with E-state index >= 15 is 0 Å². The van der Waals surface area contributed by atoms with Gasteiger partial charge in [-0.1, -0.05) is 30.3 Å². The van der Waals surface area contributed by atoms with Gasteiger partial charge in [-0.15, -0.1) is 0 Å². The van der Waals surface area contributed by atoms with Crippen molar-refractivity contribution >= 4 is 23.5 Å². The standard InChI is InChI=1S/C21H16F3N3O2/c1-12(28)26-16-11-15(22)19(23)20(24)18(16)14-6-3-13(4-7-14)5-8-17(29)21-25-9-10-27(21)2/h3-11H,1-2H3,(H,26,28)/b8-5+. The lowest BCUT2D eigenvalue weighted by molar-refractivity contribution is -0.114. The van der Waals surface area contributed by atoms with Crippen LogP contribution in [0, 0.1) is 17.5 Å². The molecule has 29 heavy (non-hydrogen) atoms. The summed E-state index contributed by atoms with van der Waals surface area (Å²) in [5.74, 6) is -4.99. The van der Waals surface area contributed by atoms with Crippen LogP contribution in [0.15, 0.2) is 48.8 Å². The summed E-state index contributed by atoms with van der Waals surface area (Å²) >= 11 is 0. The van der Waals surface area contributed by atoms with Gasteiger partial charge in [0.15, 0.2) is 23.3 Å². The fraction of sp³-hybridized carbons (Fsp3) is 0.0952. The van der Waals surface area contributed by atoms with E-state index in [0.717, 1.165) is 6.07 Å². The SMILES string of the molecule is CC(=O)Nc1cc(F)c(F)c(F)c1-c1ccc(/C=C/C(=O)c2nccn2C)cc1. The quantitative estimate of drug-likeness (QED) is 0.394. The lowest BCUT2D eigenvalue weighted by atomic mass is 10.0. The molecule has 148 valence electrons. The predicted octanol–water partition coefficient (Wildman–Crippen LogP) is 4.36. The molecule has 0 atom stereocenters. The number of hydrogen-bond donors (Lipinski definition) is 1. The molecule has 2 aromatic carbocycles. The van der Waals surface area contributed by atoms with E-state index in [2.05, 4.69) is 10.3 Å². The number of anilines is 1. The maximum atomic E-state index is 14.4. The number of carbonyl (C=O) groups is 2. The molecule has 0 saturated heterocycles. The summed E-state index contributed by atoms with van der Waals surface area (Å²) in [6, 6.07) is 6.85. The minimum absolute atomic E-state index is 0.179. The van der Waals surface area contributed by atoms with Crippen molar-refractivity contribution in [1.82, 2.24) is 9.55 Å². The highest BCUT2D eigenvalue weighted by molar-refractivity contribution is 6.04. The molecule has 1 aromatic heterocycles. The molecular formula is C21H16F3N3O2. The average Bonchev–Trinajstić information content (AvgIpc) is 3.11. The Balaban J connectivity index is 1.91. The summed E-state index contributed by atoms with van der Waals surface area (Å²) in [7, 11) is 1.70. The number of nitrogens with one attached hydrogen (secondary N) is 1. The number of halogens is 3. The molecule has 0 unspecified atom stereocenters. The van der Waals surface area contributed by atoms with Gasteiger partial charge in [0.25, 0.3) is 0 Å². The molecule has 1 heterocycles. The van der Waals surface area contributed by atoms with Gasteiger partial charge in [-0.05, 0) is 17.2 Å². The molecule has 8 heteroatoms. The number of rotatable bonds is 5. The van der Waals surface area contributed by atoms with Crippen molar-refractivity contribution in [3.05, 3.63) is 77.6 Å². The van der Waals surface area contributed by atoms with Crippen molar-refractivity contribution < 1.29 is 22.8 Å². The number of aromatic nitrogens is 2. The van der Waals surface area contributed by atoms with Gasteiger partial charge < -0.3 is 9.88 Å². The third-order valence-corrected chi connectivity index (χ3v) is 4.14. The average molecular weight is 399 g/mol. The third-order valence-electron chi connectivity index (χ3n) is 4.14. The lowest BCUT2D eigenvalue weighted by Crippen LogP contribution is -2.09. The number of ketones is 1. The number of hydrogen-bond acceptors (Lipinski definition) is 3. The Morgan fingerprint density at radius 3 is 2.38 bits per heavy atom. The van der Waals surface area contributed by atoms with Crippen LogP contribution < -0.4 is 5.32 Å². The van der Waals surface area contributed by atoms with Crippen LogP contribution in [0.1, 0.15) is 23.1 Å². The Labute approximate surface area is 164 Å². The molecule has 0 bridgehead atoms. The summed E-state index contributed by atoms with van der Waals surface area (Å²) in [6.45, 7) is 1.18. The number of nitrogens with zero attached hydrogens (tertiary/aromatic N) is 2. The molecule has 3 aromatic rings. The van der Waals surface area contributed by atoms with Crippen LogP contribution in [0.2, 0.25) is 0 Å². The predicted molar refractivity (Wildman–Crippen MR) is 103 cm³/mol. The smallest absolute Gasteiger partial charge is 0.221 e. The van der Waals surface area contributed by atoms with Crippen LogP contribution in [0.5, 0.6) is 0 Å². The van der Waals surface area contributed by atoms with Crippen molar-refractivity contribution in [3.8, 4) is 11.1 Å². The summed E-state index contributed by atoms with van der Waals surface area (Å²) in [6.07, 6.45) is 6.06. The summed E-state index contributed by atoms with van der Waals surface area (Å²) < 4.78 is 43.3. The first-order chi connectivity index (χ1) is 13.8. The minimum atomic E-state index is -1.63. The van der Waals surface area contributed by atoms with Gasteiger partial charge in [-0.2, -0.15) is 0 Å². The van der Waals surface area contributed by atoms with Gasteiger partial charge in [0.2, 0.25) is 11.7 Å². The Morgan fingerprint density at radius 1 is 1.10 bits per heavy atom. The fourth-order valence-corrected chi connectivity index (χ4v) is 2.78. The van der Waals surface area contributed by atoms with Gasteiger partial charge in [0.05, 0.1) is 5.69 Å². The van der Waals surface area contributed by atoms with Crippen LogP contribution >= 0.6 is 0 Å². The molecule has 5 nitrogen and oxygen atoms in total. The zero-order valence-electron chi connectivity index (χ0n) is 15.5. The summed E-state index contributed by atoms with van der Waals surface area (Å²) in [5.41, 5.74) is 0.416. The Hall–Kier alpha value is -3.68. The maximum absolute atomic E-state index is 14.4. The first-order valence-electron chi connectivity index (χ1n) is 8.53. The zero-order chi connectivity index (χ0) is 21.1. The van der Waals surface area contributed by atoms with E-state index in [0.29, 0.717) is 5.56 Å². The van der Waals surface area contributed by atoms with E-state index in [9.17, 15) is 22.8 Å². The first kappa shape index (κ1) is 20.1. The molecule has 1 amide bonds. The van der Waals surface area contributed by atoms with Crippen LogP contribution in [-0.2, 0) is 11.8 Å². The topological polar surface area (TPSA) is 64.0 Å². The van der Waals surface area contributed by atoms with Gasteiger partial charge in [0.1, 0.15) is 0 Å². The number of aryl methyl sites for hydroxylation is 1. The van der Waals surface area contributed by atoms with Crippen molar-refractivity contribution in [2.75, 3.05) is 5.32 Å².